The standard InChI is InChI=1S/C13H22O4/c1-12(2,3)10(17-4)13(11(15)16)7-5-9(14)6-8-13/h10H,5-8H2,1-4H3,(H,15,16). The first-order valence-corrected chi connectivity index (χ1v) is 6.02. The quantitative estimate of drug-likeness (QED) is 0.824. The lowest BCUT2D eigenvalue weighted by Gasteiger charge is -2.44. The van der Waals surface area contributed by atoms with Crippen molar-refractivity contribution in [1.29, 1.82) is 0 Å². The molecule has 4 heteroatoms. The van der Waals surface area contributed by atoms with Crippen molar-refractivity contribution in [3.8, 4) is 0 Å². The highest BCUT2D eigenvalue weighted by Crippen LogP contribution is 2.45. The van der Waals surface area contributed by atoms with Crippen LogP contribution in [-0.2, 0) is 14.3 Å². The minimum absolute atomic E-state index is 0.158. The smallest absolute Gasteiger partial charge is 0.312 e. The van der Waals surface area contributed by atoms with Crippen molar-refractivity contribution >= 4 is 11.8 Å². The Hall–Kier alpha value is -0.900. The Bertz CT molecular complexity index is 304. The molecule has 0 amide bonds. The van der Waals surface area contributed by atoms with Crippen molar-refractivity contribution in [2.75, 3.05) is 7.11 Å². The van der Waals surface area contributed by atoms with Crippen molar-refractivity contribution < 1.29 is 19.4 Å². The number of Topliss-reactive ketones (excluding diaryl/α,β-unsaturated/α-hetero) is 1. The number of aliphatic carboxylic acids is 1. The van der Waals surface area contributed by atoms with E-state index in [2.05, 4.69) is 0 Å². The molecule has 0 aromatic carbocycles. The lowest BCUT2D eigenvalue weighted by Crippen LogP contribution is -2.51. The summed E-state index contributed by atoms with van der Waals surface area (Å²) in [5.41, 5.74) is -1.17. The zero-order chi connectivity index (χ0) is 13.3. The summed E-state index contributed by atoms with van der Waals surface area (Å²) < 4.78 is 5.46. The van der Waals surface area contributed by atoms with E-state index in [9.17, 15) is 14.7 Å². The number of hydrogen-bond acceptors (Lipinski definition) is 3. The van der Waals surface area contributed by atoms with Crippen LogP contribution in [0.25, 0.3) is 0 Å². The molecule has 1 fully saturated rings. The van der Waals surface area contributed by atoms with E-state index < -0.39 is 11.4 Å². The number of ether oxygens (including phenoxy) is 1. The fourth-order valence-corrected chi connectivity index (χ4v) is 2.97. The molecule has 0 radical (unpaired) electrons. The van der Waals surface area contributed by atoms with Gasteiger partial charge in [0, 0.05) is 20.0 Å². The van der Waals surface area contributed by atoms with Gasteiger partial charge in [-0.2, -0.15) is 0 Å². The predicted molar refractivity (Wildman–Crippen MR) is 63.8 cm³/mol. The summed E-state index contributed by atoms with van der Waals surface area (Å²) in [6.45, 7) is 5.92. The fraction of sp³-hybridized carbons (Fsp3) is 0.846. The van der Waals surface area contributed by atoms with E-state index in [0.717, 1.165) is 0 Å². The molecule has 0 aromatic rings. The molecule has 0 heterocycles. The lowest BCUT2D eigenvalue weighted by molar-refractivity contribution is -0.171. The minimum Gasteiger partial charge on any atom is -0.481 e. The van der Waals surface area contributed by atoms with Gasteiger partial charge < -0.3 is 9.84 Å². The molecule has 1 unspecified atom stereocenters. The molecule has 17 heavy (non-hydrogen) atoms. The van der Waals surface area contributed by atoms with E-state index in [1.54, 1.807) is 7.11 Å². The molecular weight excluding hydrogens is 220 g/mol. The molecule has 1 rings (SSSR count). The van der Waals surface area contributed by atoms with Gasteiger partial charge in [-0.1, -0.05) is 20.8 Å². The van der Waals surface area contributed by atoms with E-state index in [1.165, 1.54) is 0 Å². The van der Waals surface area contributed by atoms with Gasteiger partial charge in [0.1, 0.15) is 5.78 Å². The molecule has 1 aliphatic carbocycles. The summed E-state index contributed by atoms with van der Waals surface area (Å²) in [7, 11) is 1.55. The summed E-state index contributed by atoms with van der Waals surface area (Å²) in [6, 6.07) is 0. The highest BCUT2D eigenvalue weighted by Gasteiger charge is 2.52. The Morgan fingerprint density at radius 3 is 2.12 bits per heavy atom. The molecule has 1 saturated carbocycles. The molecule has 0 saturated heterocycles. The first-order valence-electron chi connectivity index (χ1n) is 6.02. The monoisotopic (exact) mass is 242 g/mol. The number of carbonyl (C=O) groups is 2. The topological polar surface area (TPSA) is 63.6 Å². The third kappa shape index (κ3) is 2.68. The van der Waals surface area contributed by atoms with Crippen molar-refractivity contribution in [3.05, 3.63) is 0 Å². The average molecular weight is 242 g/mol. The van der Waals surface area contributed by atoms with E-state index in [0.29, 0.717) is 25.7 Å². The SMILES string of the molecule is COC(C(C)(C)C)C1(C(=O)O)CCC(=O)CC1. The van der Waals surface area contributed by atoms with Gasteiger partial charge in [0.05, 0.1) is 11.5 Å². The number of rotatable bonds is 3. The van der Waals surface area contributed by atoms with Crippen molar-refractivity contribution in [2.45, 2.75) is 52.6 Å². The van der Waals surface area contributed by atoms with Gasteiger partial charge >= 0.3 is 5.97 Å². The summed E-state index contributed by atoms with van der Waals surface area (Å²) in [5, 5.41) is 9.55. The summed E-state index contributed by atoms with van der Waals surface area (Å²) in [6.07, 6.45) is 1.10. The first-order chi connectivity index (χ1) is 7.74. The van der Waals surface area contributed by atoms with Gasteiger partial charge in [-0.25, -0.2) is 0 Å². The fourth-order valence-electron chi connectivity index (χ4n) is 2.97. The number of carboxylic acids is 1. The number of ketones is 1. The molecule has 0 spiro atoms. The van der Waals surface area contributed by atoms with Crippen LogP contribution in [0.4, 0.5) is 0 Å². The first kappa shape index (κ1) is 14.2. The molecule has 4 nitrogen and oxygen atoms in total. The molecule has 1 N–H and O–H groups in total. The largest absolute Gasteiger partial charge is 0.481 e. The van der Waals surface area contributed by atoms with E-state index >= 15 is 0 Å². The Kier molecular flexibility index (Phi) is 3.97. The van der Waals surface area contributed by atoms with Crippen LogP contribution in [-0.4, -0.2) is 30.1 Å². The number of carboxylic acid groups (broad SMARTS) is 1. The maximum atomic E-state index is 11.6. The van der Waals surface area contributed by atoms with Crippen LogP contribution >= 0.6 is 0 Å². The molecule has 98 valence electrons. The van der Waals surface area contributed by atoms with Crippen LogP contribution in [0.15, 0.2) is 0 Å². The van der Waals surface area contributed by atoms with Crippen LogP contribution in [0, 0.1) is 10.8 Å². The van der Waals surface area contributed by atoms with Crippen molar-refractivity contribution in [2.24, 2.45) is 10.8 Å². The number of methoxy groups -OCH3 is 1. The van der Waals surface area contributed by atoms with Gasteiger partial charge in [0.2, 0.25) is 0 Å². The molecule has 0 aromatic heterocycles. The third-order valence-corrected chi connectivity index (χ3v) is 3.65. The van der Waals surface area contributed by atoms with Crippen LogP contribution in [0.1, 0.15) is 46.5 Å². The van der Waals surface area contributed by atoms with Gasteiger partial charge in [-0.15, -0.1) is 0 Å². The van der Waals surface area contributed by atoms with E-state index in [-0.39, 0.29) is 17.3 Å². The maximum Gasteiger partial charge on any atom is 0.312 e. The Labute approximate surface area is 102 Å². The second kappa shape index (κ2) is 4.77. The Balaban J connectivity index is 3.07. The molecule has 0 aliphatic heterocycles. The van der Waals surface area contributed by atoms with Crippen LogP contribution in [0.5, 0.6) is 0 Å². The highest BCUT2D eigenvalue weighted by molar-refractivity contribution is 5.84. The zero-order valence-electron chi connectivity index (χ0n) is 11.1. The molecule has 1 aliphatic rings. The van der Waals surface area contributed by atoms with Gasteiger partial charge in [0.25, 0.3) is 0 Å². The highest BCUT2D eigenvalue weighted by atomic mass is 16.5. The van der Waals surface area contributed by atoms with Gasteiger partial charge in [-0.05, 0) is 18.3 Å². The summed E-state index contributed by atoms with van der Waals surface area (Å²) >= 11 is 0. The molecular formula is C13H22O4. The van der Waals surface area contributed by atoms with Gasteiger partial charge in [0.15, 0.2) is 0 Å². The Morgan fingerprint density at radius 1 is 1.35 bits per heavy atom. The summed E-state index contributed by atoms with van der Waals surface area (Å²) in [4.78, 5) is 22.9. The maximum absolute atomic E-state index is 11.6. The molecule has 0 bridgehead atoms. The Morgan fingerprint density at radius 2 is 1.82 bits per heavy atom. The normalized spacial score (nSPS) is 22.2. The average Bonchev–Trinajstić information content (AvgIpc) is 2.19. The molecule has 1 atom stereocenters. The van der Waals surface area contributed by atoms with Gasteiger partial charge in [-0.3, -0.25) is 9.59 Å². The number of hydrogen-bond donors (Lipinski definition) is 1. The minimum atomic E-state index is -0.916. The number of carbonyl (C=O) groups excluding carboxylic acids is 1. The second-order valence-electron chi connectivity index (χ2n) is 5.98. The second-order valence-corrected chi connectivity index (χ2v) is 5.98. The van der Waals surface area contributed by atoms with Crippen LogP contribution in [0.3, 0.4) is 0 Å². The van der Waals surface area contributed by atoms with Crippen LogP contribution < -0.4 is 0 Å². The van der Waals surface area contributed by atoms with Crippen LogP contribution in [0.2, 0.25) is 0 Å². The van der Waals surface area contributed by atoms with Crippen molar-refractivity contribution in [3.63, 3.8) is 0 Å². The lowest BCUT2D eigenvalue weighted by atomic mass is 9.63. The van der Waals surface area contributed by atoms with E-state index in [1.807, 2.05) is 20.8 Å². The van der Waals surface area contributed by atoms with Crippen molar-refractivity contribution in [1.82, 2.24) is 0 Å². The van der Waals surface area contributed by atoms with E-state index in [4.69, 9.17) is 4.74 Å². The third-order valence-electron chi connectivity index (χ3n) is 3.65. The predicted octanol–water partition coefficient (Wildman–Crippen LogP) is 2.26. The summed E-state index contributed by atoms with van der Waals surface area (Å²) in [5.74, 6) is -0.683. The zero-order valence-corrected chi connectivity index (χ0v) is 11.1.